The van der Waals surface area contributed by atoms with Crippen LogP contribution < -0.4 is 0 Å². The Balaban J connectivity index is 1.77. The van der Waals surface area contributed by atoms with Gasteiger partial charge >= 0.3 is 0 Å². The quantitative estimate of drug-likeness (QED) is 0.667. The summed E-state index contributed by atoms with van der Waals surface area (Å²) in [7, 11) is 0. The van der Waals surface area contributed by atoms with E-state index in [4.69, 9.17) is 0 Å². The van der Waals surface area contributed by atoms with E-state index in [9.17, 15) is 0 Å². The molecule has 1 nitrogen and oxygen atoms in total. The fourth-order valence-corrected chi connectivity index (χ4v) is 3.30. The molecule has 0 N–H and O–H groups in total. The summed E-state index contributed by atoms with van der Waals surface area (Å²) < 4.78 is 0. The second-order valence-corrected chi connectivity index (χ2v) is 5.20. The Labute approximate surface area is 88.9 Å². The van der Waals surface area contributed by atoms with Crippen LogP contribution in [0, 0.1) is 5.92 Å². The van der Waals surface area contributed by atoms with Crippen molar-refractivity contribution < 1.29 is 0 Å². The molecule has 0 amide bonds. The summed E-state index contributed by atoms with van der Waals surface area (Å²) in [6.45, 7) is 5.15. The van der Waals surface area contributed by atoms with Crippen LogP contribution in [0.25, 0.3) is 0 Å². The average Bonchev–Trinajstić information content (AvgIpc) is 2.67. The summed E-state index contributed by atoms with van der Waals surface area (Å²) in [4.78, 5) is 2.77. The Morgan fingerprint density at radius 2 is 1.79 bits per heavy atom. The fraction of sp³-hybridized carbons (Fsp3) is 1.00. The van der Waals surface area contributed by atoms with Gasteiger partial charge in [0, 0.05) is 12.6 Å². The van der Waals surface area contributed by atoms with Crippen molar-refractivity contribution in [3.8, 4) is 0 Å². The highest BCUT2D eigenvalue weighted by Crippen LogP contribution is 2.28. The molecule has 0 aromatic carbocycles. The molecule has 1 saturated carbocycles. The maximum Gasteiger partial charge on any atom is 0.00932 e. The number of hydrogen-bond acceptors (Lipinski definition) is 1. The van der Waals surface area contributed by atoms with Gasteiger partial charge in [0.25, 0.3) is 0 Å². The van der Waals surface area contributed by atoms with E-state index in [1.165, 1.54) is 64.5 Å². The monoisotopic (exact) mass is 195 g/mol. The van der Waals surface area contributed by atoms with Crippen LogP contribution in [0.4, 0.5) is 0 Å². The van der Waals surface area contributed by atoms with Gasteiger partial charge in [-0.2, -0.15) is 0 Å². The standard InChI is InChI=1S/C13H25N/c1-2-13-9-6-10-14(13)11-12-7-4-3-5-8-12/h12-13H,2-11H2,1H3/t13-/m0/s1. The Morgan fingerprint density at radius 3 is 2.50 bits per heavy atom. The van der Waals surface area contributed by atoms with E-state index in [1.807, 2.05) is 0 Å². The Bertz CT molecular complexity index is 161. The summed E-state index contributed by atoms with van der Waals surface area (Å²) in [5.74, 6) is 1.04. The van der Waals surface area contributed by atoms with Gasteiger partial charge in [-0.3, -0.25) is 0 Å². The lowest BCUT2D eigenvalue weighted by Crippen LogP contribution is -2.34. The van der Waals surface area contributed by atoms with Crippen LogP contribution in [-0.4, -0.2) is 24.0 Å². The molecule has 0 spiro atoms. The molecule has 1 atom stereocenters. The minimum atomic E-state index is 0.928. The van der Waals surface area contributed by atoms with Crippen molar-refractivity contribution >= 4 is 0 Å². The van der Waals surface area contributed by atoms with E-state index < -0.39 is 0 Å². The lowest BCUT2D eigenvalue weighted by molar-refractivity contribution is 0.184. The first-order chi connectivity index (χ1) is 6.90. The molecule has 0 unspecified atom stereocenters. The molecule has 0 aromatic rings. The predicted octanol–water partition coefficient (Wildman–Crippen LogP) is 3.44. The normalized spacial score (nSPS) is 31.1. The average molecular weight is 195 g/mol. The van der Waals surface area contributed by atoms with Crippen molar-refractivity contribution in [1.82, 2.24) is 4.90 Å². The van der Waals surface area contributed by atoms with Gasteiger partial charge in [0.05, 0.1) is 0 Å². The third kappa shape index (κ3) is 2.50. The van der Waals surface area contributed by atoms with E-state index >= 15 is 0 Å². The minimum Gasteiger partial charge on any atom is -0.300 e. The molecule has 0 radical (unpaired) electrons. The second kappa shape index (κ2) is 5.16. The van der Waals surface area contributed by atoms with Crippen LogP contribution in [0.1, 0.15) is 58.3 Å². The molecule has 82 valence electrons. The zero-order valence-electron chi connectivity index (χ0n) is 9.67. The molecular weight excluding hydrogens is 170 g/mol. The SMILES string of the molecule is CC[C@H]1CCCN1CC1CCCCC1. The summed E-state index contributed by atoms with van der Waals surface area (Å²) in [6, 6.07) is 0.928. The maximum absolute atomic E-state index is 2.77. The highest BCUT2D eigenvalue weighted by atomic mass is 15.2. The van der Waals surface area contributed by atoms with E-state index in [2.05, 4.69) is 11.8 Å². The van der Waals surface area contributed by atoms with Gasteiger partial charge in [-0.25, -0.2) is 0 Å². The van der Waals surface area contributed by atoms with E-state index in [0.717, 1.165) is 12.0 Å². The van der Waals surface area contributed by atoms with Crippen LogP contribution in [0.15, 0.2) is 0 Å². The molecule has 2 rings (SSSR count). The van der Waals surface area contributed by atoms with Crippen LogP contribution in [0.2, 0.25) is 0 Å². The first-order valence-corrected chi connectivity index (χ1v) is 6.64. The molecule has 2 aliphatic rings. The van der Waals surface area contributed by atoms with Crippen LogP contribution in [0.3, 0.4) is 0 Å². The zero-order valence-corrected chi connectivity index (χ0v) is 9.67. The van der Waals surface area contributed by atoms with Crippen LogP contribution in [-0.2, 0) is 0 Å². The van der Waals surface area contributed by atoms with E-state index in [0.29, 0.717) is 0 Å². The number of nitrogens with zero attached hydrogens (tertiary/aromatic N) is 1. The summed E-state index contributed by atoms with van der Waals surface area (Å²) in [5.41, 5.74) is 0. The number of rotatable bonds is 3. The van der Waals surface area contributed by atoms with E-state index in [-0.39, 0.29) is 0 Å². The van der Waals surface area contributed by atoms with Crippen molar-refractivity contribution in [2.75, 3.05) is 13.1 Å². The lowest BCUT2D eigenvalue weighted by atomic mass is 9.89. The highest BCUT2D eigenvalue weighted by molar-refractivity contribution is 4.80. The smallest absolute Gasteiger partial charge is 0.00932 e. The molecule has 1 heterocycles. The zero-order chi connectivity index (χ0) is 9.80. The summed E-state index contributed by atoms with van der Waals surface area (Å²) in [5, 5.41) is 0. The maximum atomic E-state index is 2.77. The fourth-order valence-electron chi connectivity index (χ4n) is 3.30. The van der Waals surface area contributed by atoms with Crippen molar-refractivity contribution in [1.29, 1.82) is 0 Å². The Kier molecular flexibility index (Phi) is 3.86. The van der Waals surface area contributed by atoms with Gasteiger partial charge in [0.2, 0.25) is 0 Å². The third-order valence-corrected chi connectivity index (χ3v) is 4.19. The molecule has 0 aromatic heterocycles. The van der Waals surface area contributed by atoms with Crippen molar-refractivity contribution in [2.24, 2.45) is 5.92 Å². The van der Waals surface area contributed by atoms with Crippen molar-refractivity contribution in [3.63, 3.8) is 0 Å². The molecule has 1 aliphatic heterocycles. The molecule has 14 heavy (non-hydrogen) atoms. The highest BCUT2D eigenvalue weighted by Gasteiger charge is 2.25. The largest absolute Gasteiger partial charge is 0.300 e. The first-order valence-electron chi connectivity index (χ1n) is 6.64. The van der Waals surface area contributed by atoms with Crippen LogP contribution >= 0.6 is 0 Å². The molecule has 1 heteroatoms. The first kappa shape index (κ1) is 10.5. The molecule has 0 bridgehead atoms. The third-order valence-electron chi connectivity index (χ3n) is 4.19. The van der Waals surface area contributed by atoms with Gasteiger partial charge in [0.15, 0.2) is 0 Å². The lowest BCUT2D eigenvalue weighted by Gasteiger charge is -2.30. The van der Waals surface area contributed by atoms with Crippen molar-refractivity contribution in [3.05, 3.63) is 0 Å². The van der Waals surface area contributed by atoms with Gasteiger partial charge in [0.1, 0.15) is 0 Å². The Morgan fingerprint density at radius 1 is 1.00 bits per heavy atom. The second-order valence-electron chi connectivity index (χ2n) is 5.20. The van der Waals surface area contributed by atoms with Crippen LogP contribution in [0.5, 0.6) is 0 Å². The van der Waals surface area contributed by atoms with Gasteiger partial charge in [-0.15, -0.1) is 0 Å². The van der Waals surface area contributed by atoms with Gasteiger partial charge in [-0.05, 0) is 44.6 Å². The molecule has 1 saturated heterocycles. The van der Waals surface area contributed by atoms with Gasteiger partial charge < -0.3 is 4.90 Å². The minimum absolute atomic E-state index is 0.928. The van der Waals surface area contributed by atoms with E-state index in [1.54, 1.807) is 0 Å². The summed E-state index contributed by atoms with van der Waals surface area (Å²) >= 11 is 0. The predicted molar refractivity (Wildman–Crippen MR) is 61.5 cm³/mol. The summed E-state index contributed by atoms with van der Waals surface area (Å²) in [6.07, 6.45) is 11.8. The molecule has 1 aliphatic carbocycles. The van der Waals surface area contributed by atoms with Crippen molar-refractivity contribution in [2.45, 2.75) is 64.3 Å². The molecule has 2 fully saturated rings. The van der Waals surface area contributed by atoms with Gasteiger partial charge in [-0.1, -0.05) is 26.2 Å². The topological polar surface area (TPSA) is 3.24 Å². The molecular formula is C13H25N. The Hall–Kier alpha value is -0.0400. The number of likely N-dealkylation sites (tertiary alicyclic amines) is 1. The number of hydrogen-bond donors (Lipinski definition) is 0.